The molecular formula is C19H18N2O2. The lowest BCUT2D eigenvalue weighted by atomic mass is 10.1. The third kappa shape index (κ3) is 3.31. The number of benzene rings is 2. The number of carbonyl (C=O) groups excluding carboxylic acids is 1. The second-order valence-electron chi connectivity index (χ2n) is 5.24. The maximum absolute atomic E-state index is 12.5. The van der Waals surface area contributed by atoms with Crippen LogP contribution in [0.5, 0.6) is 5.75 Å². The van der Waals surface area contributed by atoms with Gasteiger partial charge in [-0.2, -0.15) is 0 Å². The molecule has 0 bridgehead atoms. The molecule has 0 saturated carbocycles. The smallest absolute Gasteiger partial charge is 0.255 e. The molecule has 0 spiro atoms. The van der Waals surface area contributed by atoms with Crippen LogP contribution in [0.15, 0.2) is 54.6 Å². The van der Waals surface area contributed by atoms with Gasteiger partial charge in [0.05, 0.1) is 17.8 Å². The predicted octanol–water partition coefficient (Wildman–Crippen LogP) is 4.19. The summed E-state index contributed by atoms with van der Waals surface area (Å²) in [5, 5.41) is 3.94. The van der Waals surface area contributed by atoms with Gasteiger partial charge in [-0.1, -0.05) is 24.3 Å². The second-order valence-corrected chi connectivity index (χ2v) is 5.24. The first-order valence-corrected chi connectivity index (χ1v) is 7.58. The molecule has 0 saturated heterocycles. The van der Waals surface area contributed by atoms with Crippen molar-refractivity contribution in [2.75, 3.05) is 11.9 Å². The van der Waals surface area contributed by atoms with Crippen molar-refractivity contribution in [3.63, 3.8) is 0 Å². The number of nitrogens with zero attached hydrogens (tertiary/aromatic N) is 1. The van der Waals surface area contributed by atoms with Crippen LogP contribution >= 0.6 is 0 Å². The summed E-state index contributed by atoms with van der Waals surface area (Å²) >= 11 is 0. The summed E-state index contributed by atoms with van der Waals surface area (Å²) < 4.78 is 5.44. The number of carbonyl (C=O) groups is 1. The molecule has 0 radical (unpaired) electrons. The minimum Gasteiger partial charge on any atom is -0.494 e. The minimum absolute atomic E-state index is 0.178. The number of para-hydroxylation sites is 1. The van der Waals surface area contributed by atoms with E-state index in [1.807, 2.05) is 56.3 Å². The Balaban J connectivity index is 1.91. The van der Waals surface area contributed by atoms with E-state index in [0.717, 1.165) is 16.6 Å². The van der Waals surface area contributed by atoms with E-state index in [0.29, 0.717) is 23.6 Å². The van der Waals surface area contributed by atoms with E-state index in [4.69, 9.17) is 4.74 Å². The van der Waals surface area contributed by atoms with Crippen molar-refractivity contribution in [3.8, 4) is 5.75 Å². The molecule has 0 fully saturated rings. The molecule has 4 nitrogen and oxygen atoms in total. The zero-order valence-electron chi connectivity index (χ0n) is 13.2. The van der Waals surface area contributed by atoms with E-state index in [2.05, 4.69) is 10.3 Å². The summed E-state index contributed by atoms with van der Waals surface area (Å²) in [4.78, 5) is 17.0. The Morgan fingerprint density at radius 2 is 1.96 bits per heavy atom. The first kappa shape index (κ1) is 15.0. The molecule has 3 aromatic rings. The number of hydrogen-bond donors (Lipinski definition) is 1. The van der Waals surface area contributed by atoms with Gasteiger partial charge in [-0.05, 0) is 44.2 Å². The van der Waals surface area contributed by atoms with Crippen molar-refractivity contribution in [1.29, 1.82) is 0 Å². The first-order valence-electron chi connectivity index (χ1n) is 7.58. The van der Waals surface area contributed by atoms with Crippen LogP contribution in [0.1, 0.15) is 23.0 Å². The molecule has 0 aliphatic heterocycles. The van der Waals surface area contributed by atoms with E-state index in [1.165, 1.54) is 0 Å². The average molecular weight is 306 g/mol. The van der Waals surface area contributed by atoms with Crippen LogP contribution in [-0.4, -0.2) is 17.5 Å². The number of rotatable bonds is 4. The summed E-state index contributed by atoms with van der Waals surface area (Å²) in [6.45, 7) is 4.41. The Kier molecular flexibility index (Phi) is 4.24. The van der Waals surface area contributed by atoms with Gasteiger partial charge in [-0.25, -0.2) is 0 Å². The number of hydrogen-bond acceptors (Lipinski definition) is 3. The highest BCUT2D eigenvalue weighted by molar-refractivity contribution is 6.08. The predicted molar refractivity (Wildman–Crippen MR) is 92.0 cm³/mol. The van der Waals surface area contributed by atoms with Gasteiger partial charge >= 0.3 is 0 Å². The molecule has 116 valence electrons. The largest absolute Gasteiger partial charge is 0.494 e. The number of fused-ring (bicyclic) bond motifs is 1. The summed E-state index contributed by atoms with van der Waals surface area (Å²) in [7, 11) is 0. The lowest BCUT2D eigenvalue weighted by Gasteiger charge is -2.10. The number of aryl methyl sites for hydroxylation is 1. The Hall–Kier alpha value is -2.88. The van der Waals surface area contributed by atoms with E-state index >= 15 is 0 Å². The molecule has 0 atom stereocenters. The highest BCUT2D eigenvalue weighted by atomic mass is 16.5. The highest BCUT2D eigenvalue weighted by Gasteiger charge is 2.10. The molecule has 1 aromatic heterocycles. The van der Waals surface area contributed by atoms with Gasteiger partial charge in [0, 0.05) is 16.6 Å². The maximum Gasteiger partial charge on any atom is 0.255 e. The Morgan fingerprint density at radius 1 is 1.13 bits per heavy atom. The fourth-order valence-electron chi connectivity index (χ4n) is 2.43. The maximum atomic E-state index is 12.5. The van der Waals surface area contributed by atoms with Gasteiger partial charge in [0.25, 0.3) is 5.91 Å². The first-order chi connectivity index (χ1) is 11.2. The van der Waals surface area contributed by atoms with Crippen molar-refractivity contribution < 1.29 is 9.53 Å². The molecule has 3 rings (SSSR count). The molecular weight excluding hydrogens is 288 g/mol. The molecule has 1 heterocycles. The lowest BCUT2D eigenvalue weighted by Crippen LogP contribution is -2.12. The van der Waals surface area contributed by atoms with Gasteiger partial charge in [0.15, 0.2) is 0 Å². The van der Waals surface area contributed by atoms with Crippen LogP contribution in [0.3, 0.4) is 0 Å². The molecule has 0 aliphatic carbocycles. The Bertz CT molecular complexity index is 859. The number of aromatic nitrogens is 1. The van der Waals surface area contributed by atoms with E-state index in [9.17, 15) is 4.79 Å². The molecule has 1 N–H and O–H groups in total. The van der Waals surface area contributed by atoms with Gasteiger partial charge < -0.3 is 10.1 Å². The van der Waals surface area contributed by atoms with E-state index < -0.39 is 0 Å². The molecule has 2 aromatic carbocycles. The normalized spacial score (nSPS) is 10.5. The van der Waals surface area contributed by atoms with Crippen LogP contribution in [0, 0.1) is 6.92 Å². The Labute approximate surface area is 135 Å². The monoisotopic (exact) mass is 306 g/mol. The fraction of sp³-hybridized carbons (Fsp3) is 0.158. The van der Waals surface area contributed by atoms with Crippen molar-refractivity contribution in [2.45, 2.75) is 13.8 Å². The summed E-state index contributed by atoms with van der Waals surface area (Å²) in [6, 6.07) is 16.9. The van der Waals surface area contributed by atoms with Crippen molar-refractivity contribution >= 4 is 22.5 Å². The topological polar surface area (TPSA) is 51.2 Å². The quantitative estimate of drug-likeness (QED) is 0.786. The van der Waals surface area contributed by atoms with Crippen LogP contribution < -0.4 is 10.1 Å². The summed E-state index contributed by atoms with van der Waals surface area (Å²) in [6.07, 6.45) is 0. The number of amides is 1. The molecule has 0 unspecified atom stereocenters. The number of nitrogens with one attached hydrogen (secondary N) is 1. The van der Waals surface area contributed by atoms with Gasteiger partial charge in [0.1, 0.15) is 5.75 Å². The summed E-state index contributed by atoms with van der Waals surface area (Å²) in [5.41, 5.74) is 2.97. The van der Waals surface area contributed by atoms with Gasteiger partial charge in [-0.15, -0.1) is 0 Å². The molecule has 1 amide bonds. The van der Waals surface area contributed by atoms with E-state index in [1.54, 1.807) is 12.1 Å². The third-order valence-electron chi connectivity index (χ3n) is 3.51. The average Bonchev–Trinajstić information content (AvgIpc) is 2.56. The third-order valence-corrected chi connectivity index (χ3v) is 3.51. The number of pyridine rings is 1. The van der Waals surface area contributed by atoms with Crippen molar-refractivity contribution in [2.24, 2.45) is 0 Å². The summed E-state index contributed by atoms with van der Waals surface area (Å²) in [5.74, 6) is 0.509. The zero-order valence-corrected chi connectivity index (χ0v) is 13.2. The SMILES string of the molecule is CCOc1cccc(C(=O)Nc2cccc3ccc(C)nc23)c1. The minimum atomic E-state index is -0.178. The fourth-order valence-corrected chi connectivity index (χ4v) is 2.43. The Morgan fingerprint density at radius 3 is 2.78 bits per heavy atom. The molecule has 23 heavy (non-hydrogen) atoms. The van der Waals surface area contributed by atoms with Gasteiger partial charge in [-0.3, -0.25) is 9.78 Å². The van der Waals surface area contributed by atoms with Crippen molar-refractivity contribution in [3.05, 3.63) is 65.9 Å². The van der Waals surface area contributed by atoms with E-state index in [-0.39, 0.29) is 5.91 Å². The molecule has 0 aliphatic rings. The highest BCUT2D eigenvalue weighted by Crippen LogP contribution is 2.23. The van der Waals surface area contributed by atoms with Crippen molar-refractivity contribution in [1.82, 2.24) is 4.98 Å². The van der Waals surface area contributed by atoms with Crippen LogP contribution in [0.2, 0.25) is 0 Å². The van der Waals surface area contributed by atoms with Gasteiger partial charge in [0.2, 0.25) is 0 Å². The number of anilines is 1. The standard InChI is InChI=1S/C19H18N2O2/c1-3-23-16-8-4-7-15(12-16)19(22)21-17-9-5-6-14-11-10-13(2)20-18(14)17/h4-12H,3H2,1-2H3,(H,21,22). The number of ether oxygens (including phenoxy) is 1. The van der Waals surface area contributed by atoms with Crippen LogP contribution in [-0.2, 0) is 0 Å². The van der Waals surface area contributed by atoms with Crippen LogP contribution in [0.25, 0.3) is 10.9 Å². The molecule has 4 heteroatoms. The van der Waals surface area contributed by atoms with Crippen LogP contribution in [0.4, 0.5) is 5.69 Å². The lowest BCUT2D eigenvalue weighted by molar-refractivity contribution is 0.102. The second kappa shape index (κ2) is 6.48. The zero-order chi connectivity index (χ0) is 16.2.